The average Bonchev–Trinajstić information content (AvgIpc) is 3.11. The van der Waals surface area contributed by atoms with E-state index in [2.05, 4.69) is 36.5 Å². The van der Waals surface area contributed by atoms with Gasteiger partial charge in [0.15, 0.2) is 0 Å². The summed E-state index contributed by atoms with van der Waals surface area (Å²) < 4.78 is 5.96. The van der Waals surface area contributed by atoms with Crippen molar-refractivity contribution in [3.63, 3.8) is 0 Å². The Morgan fingerprint density at radius 2 is 2.17 bits per heavy atom. The number of hydrogen-bond donors (Lipinski definition) is 1. The first-order valence-corrected chi connectivity index (χ1v) is 7.33. The Balaban J connectivity index is 1.46. The minimum Gasteiger partial charge on any atom is -0.488 e. The van der Waals surface area contributed by atoms with E-state index in [1.807, 2.05) is 0 Å². The number of benzene rings is 1. The second-order valence-corrected chi connectivity index (χ2v) is 5.74. The molecule has 18 heavy (non-hydrogen) atoms. The van der Waals surface area contributed by atoms with Gasteiger partial charge in [-0.3, -0.25) is 0 Å². The van der Waals surface area contributed by atoms with Crippen LogP contribution in [0.15, 0.2) is 24.3 Å². The van der Waals surface area contributed by atoms with E-state index in [0.717, 1.165) is 24.6 Å². The molecule has 0 bridgehead atoms. The highest BCUT2D eigenvalue weighted by molar-refractivity contribution is 5.37. The highest BCUT2D eigenvalue weighted by Crippen LogP contribution is 2.34. The van der Waals surface area contributed by atoms with Gasteiger partial charge in [0, 0.05) is 19.0 Å². The first-order valence-electron chi connectivity index (χ1n) is 7.33. The lowest BCUT2D eigenvalue weighted by molar-refractivity contribution is 0.218. The summed E-state index contributed by atoms with van der Waals surface area (Å²) in [6.07, 6.45) is 6.87. The lowest BCUT2D eigenvalue weighted by Gasteiger charge is -2.19. The van der Waals surface area contributed by atoms with Crippen molar-refractivity contribution in [2.45, 2.75) is 51.2 Å². The third kappa shape index (κ3) is 2.86. The fourth-order valence-corrected chi connectivity index (χ4v) is 2.82. The van der Waals surface area contributed by atoms with Gasteiger partial charge in [-0.05, 0) is 30.4 Å². The van der Waals surface area contributed by atoms with E-state index in [1.54, 1.807) is 0 Å². The molecule has 1 aliphatic heterocycles. The van der Waals surface area contributed by atoms with Gasteiger partial charge in [0.25, 0.3) is 0 Å². The van der Waals surface area contributed by atoms with Crippen molar-refractivity contribution < 1.29 is 4.74 Å². The first kappa shape index (κ1) is 12.0. The molecule has 2 nitrogen and oxygen atoms in total. The molecule has 1 aliphatic carbocycles. The van der Waals surface area contributed by atoms with Crippen molar-refractivity contribution in [3.8, 4) is 5.75 Å². The molecule has 1 heterocycles. The van der Waals surface area contributed by atoms with Gasteiger partial charge in [0.05, 0.1) is 0 Å². The van der Waals surface area contributed by atoms with Crippen molar-refractivity contribution >= 4 is 0 Å². The van der Waals surface area contributed by atoms with Crippen LogP contribution in [0.4, 0.5) is 0 Å². The molecule has 2 unspecified atom stereocenters. The van der Waals surface area contributed by atoms with E-state index in [1.165, 1.54) is 31.2 Å². The fourth-order valence-electron chi connectivity index (χ4n) is 2.82. The van der Waals surface area contributed by atoms with Crippen molar-refractivity contribution in [3.05, 3.63) is 29.8 Å². The minimum atomic E-state index is 0.329. The van der Waals surface area contributed by atoms with Crippen LogP contribution in [-0.4, -0.2) is 18.7 Å². The molecule has 0 saturated heterocycles. The zero-order chi connectivity index (χ0) is 12.4. The second-order valence-electron chi connectivity index (χ2n) is 5.74. The van der Waals surface area contributed by atoms with Crippen molar-refractivity contribution in [1.82, 2.24) is 5.32 Å². The van der Waals surface area contributed by atoms with E-state index in [4.69, 9.17) is 4.74 Å². The Bertz CT molecular complexity index is 375. The van der Waals surface area contributed by atoms with Gasteiger partial charge in [-0.25, -0.2) is 0 Å². The number of ether oxygens (including phenoxy) is 1. The molecule has 1 aromatic rings. The molecule has 0 spiro atoms. The molecule has 2 heteroatoms. The number of fused-ring (bicyclic) bond motifs is 1. The molecule has 2 aliphatic rings. The van der Waals surface area contributed by atoms with Gasteiger partial charge in [0.1, 0.15) is 11.9 Å². The normalized spacial score (nSPS) is 23.5. The molecule has 98 valence electrons. The predicted octanol–water partition coefficient (Wildman–Crippen LogP) is 3.16. The summed E-state index contributed by atoms with van der Waals surface area (Å²) in [5.74, 6) is 2.09. The molecular weight excluding hydrogens is 222 g/mol. The predicted molar refractivity (Wildman–Crippen MR) is 74.0 cm³/mol. The maximum Gasteiger partial charge on any atom is 0.123 e. The number of para-hydroxylation sites is 1. The Hall–Kier alpha value is -1.02. The Morgan fingerprint density at radius 1 is 1.33 bits per heavy atom. The average molecular weight is 245 g/mol. The first-order chi connectivity index (χ1) is 8.85. The molecule has 1 saturated carbocycles. The zero-order valence-electron chi connectivity index (χ0n) is 11.2. The maximum atomic E-state index is 5.96. The molecule has 1 aromatic carbocycles. The van der Waals surface area contributed by atoms with Crippen LogP contribution >= 0.6 is 0 Å². The highest BCUT2D eigenvalue weighted by Gasteiger charge is 2.26. The molecular formula is C16H23NO. The summed E-state index contributed by atoms with van der Waals surface area (Å²) in [7, 11) is 0. The molecule has 2 atom stereocenters. The minimum absolute atomic E-state index is 0.329. The number of rotatable bonds is 6. The smallest absolute Gasteiger partial charge is 0.123 e. The van der Waals surface area contributed by atoms with Crippen LogP contribution in [0.1, 0.15) is 38.2 Å². The van der Waals surface area contributed by atoms with Crippen LogP contribution in [0.25, 0.3) is 0 Å². The van der Waals surface area contributed by atoms with E-state index < -0.39 is 0 Å². The summed E-state index contributed by atoms with van der Waals surface area (Å²) >= 11 is 0. The van der Waals surface area contributed by atoms with Gasteiger partial charge in [0.2, 0.25) is 0 Å². The van der Waals surface area contributed by atoms with Gasteiger partial charge in [-0.2, -0.15) is 0 Å². The van der Waals surface area contributed by atoms with Gasteiger partial charge in [-0.15, -0.1) is 0 Å². The quantitative estimate of drug-likeness (QED) is 0.831. The van der Waals surface area contributed by atoms with E-state index in [0.29, 0.717) is 12.1 Å². The standard InChI is InChI=1S/C16H23NO/c1-2-14(9-12-7-8-12)17-11-15-10-13-5-3-4-6-16(13)18-15/h3-6,12,14-15,17H,2,7-11H2,1H3. The molecule has 1 N–H and O–H groups in total. The fraction of sp³-hybridized carbons (Fsp3) is 0.625. The summed E-state index contributed by atoms with van der Waals surface area (Å²) in [4.78, 5) is 0. The summed E-state index contributed by atoms with van der Waals surface area (Å²) in [6.45, 7) is 3.27. The summed E-state index contributed by atoms with van der Waals surface area (Å²) in [5, 5.41) is 3.69. The largest absolute Gasteiger partial charge is 0.488 e. The van der Waals surface area contributed by atoms with Gasteiger partial charge >= 0.3 is 0 Å². The summed E-state index contributed by atoms with van der Waals surface area (Å²) in [6, 6.07) is 9.09. The van der Waals surface area contributed by atoms with Crippen molar-refractivity contribution in [2.75, 3.05) is 6.54 Å². The topological polar surface area (TPSA) is 21.3 Å². The van der Waals surface area contributed by atoms with Crippen LogP contribution in [0.3, 0.4) is 0 Å². The van der Waals surface area contributed by atoms with E-state index in [9.17, 15) is 0 Å². The number of nitrogens with one attached hydrogen (secondary N) is 1. The molecule has 1 fully saturated rings. The monoisotopic (exact) mass is 245 g/mol. The van der Waals surface area contributed by atoms with E-state index in [-0.39, 0.29) is 0 Å². The Labute approximate surface area is 110 Å². The molecule has 0 amide bonds. The third-order valence-corrected chi connectivity index (χ3v) is 4.16. The lowest BCUT2D eigenvalue weighted by atomic mass is 10.1. The molecule has 3 rings (SSSR count). The maximum absolute atomic E-state index is 5.96. The van der Waals surface area contributed by atoms with Crippen molar-refractivity contribution in [2.24, 2.45) is 5.92 Å². The Kier molecular flexibility index (Phi) is 3.55. The van der Waals surface area contributed by atoms with Crippen molar-refractivity contribution in [1.29, 1.82) is 0 Å². The second kappa shape index (κ2) is 5.31. The SMILES string of the molecule is CCC(CC1CC1)NCC1Cc2ccccc2O1. The Morgan fingerprint density at radius 3 is 2.89 bits per heavy atom. The summed E-state index contributed by atoms with van der Waals surface area (Å²) in [5.41, 5.74) is 1.36. The lowest BCUT2D eigenvalue weighted by Crippen LogP contribution is -2.37. The van der Waals surface area contributed by atoms with Gasteiger partial charge < -0.3 is 10.1 Å². The molecule has 0 aromatic heterocycles. The third-order valence-electron chi connectivity index (χ3n) is 4.16. The van der Waals surface area contributed by atoms with Crippen LogP contribution in [0.5, 0.6) is 5.75 Å². The van der Waals surface area contributed by atoms with Crippen LogP contribution in [-0.2, 0) is 6.42 Å². The highest BCUT2D eigenvalue weighted by atomic mass is 16.5. The number of hydrogen-bond acceptors (Lipinski definition) is 2. The molecule has 0 radical (unpaired) electrons. The van der Waals surface area contributed by atoms with Crippen LogP contribution in [0, 0.1) is 5.92 Å². The van der Waals surface area contributed by atoms with Gasteiger partial charge in [-0.1, -0.05) is 38.0 Å². The van der Waals surface area contributed by atoms with E-state index >= 15 is 0 Å². The van der Waals surface area contributed by atoms with Crippen LogP contribution in [0.2, 0.25) is 0 Å². The van der Waals surface area contributed by atoms with Crippen LogP contribution < -0.4 is 10.1 Å². The zero-order valence-corrected chi connectivity index (χ0v) is 11.2.